The summed E-state index contributed by atoms with van der Waals surface area (Å²) in [6.07, 6.45) is 3.43. The number of likely N-dealkylation sites (tertiary alicyclic amines) is 1. The molecule has 0 spiro atoms. The van der Waals surface area contributed by atoms with Crippen LogP contribution >= 0.6 is 11.6 Å². The molecule has 8 nitrogen and oxygen atoms in total. The fourth-order valence-corrected chi connectivity index (χ4v) is 4.42. The maximum atomic E-state index is 13.0. The Morgan fingerprint density at radius 2 is 1.84 bits per heavy atom. The highest BCUT2D eigenvalue weighted by molar-refractivity contribution is 6.30. The molecule has 0 radical (unpaired) electrons. The molecule has 9 heteroatoms. The van der Waals surface area contributed by atoms with E-state index < -0.39 is 6.04 Å². The van der Waals surface area contributed by atoms with Crippen LogP contribution in [-0.2, 0) is 9.59 Å². The standard InChI is InChI=1S/C23H26ClN5O3/c1-14-11-19(28(13-14)23(32)27-20-9-4-16(24)12-25-20)22(31)26-17-5-7-18(8-6-17)29-15(2)3-10-21(29)30/h4-9,12,14-15,19H,3,10-11,13H2,1-2H3,(H,26,31)(H,25,27,32). The van der Waals surface area contributed by atoms with Crippen molar-refractivity contribution in [2.45, 2.75) is 45.2 Å². The molecule has 0 bridgehead atoms. The summed E-state index contributed by atoms with van der Waals surface area (Å²) in [5.74, 6) is 0.442. The van der Waals surface area contributed by atoms with E-state index in [2.05, 4.69) is 15.6 Å². The van der Waals surface area contributed by atoms with Crippen LogP contribution in [0.2, 0.25) is 5.02 Å². The lowest BCUT2D eigenvalue weighted by atomic mass is 10.1. The number of aromatic nitrogens is 1. The average Bonchev–Trinajstić information content (AvgIpc) is 3.32. The zero-order chi connectivity index (χ0) is 22.8. The van der Waals surface area contributed by atoms with Crippen LogP contribution in [0.4, 0.5) is 22.0 Å². The van der Waals surface area contributed by atoms with Gasteiger partial charge in [-0.25, -0.2) is 9.78 Å². The fourth-order valence-electron chi connectivity index (χ4n) is 4.31. The lowest BCUT2D eigenvalue weighted by molar-refractivity contribution is -0.119. The van der Waals surface area contributed by atoms with Crippen molar-refractivity contribution in [1.82, 2.24) is 9.88 Å². The minimum absolute atomic E-state index is 0.117. The number of urea groups is 1. The molecule has 32 heavy (non-hydrogen) atoms. The normalized spacial score (nSPS) is 22.8. The third kappa shape index (κ3) is 4.70. The highest BCUT2D eigenvalue weighted by Crippen LogP contribution is 2.29. The Bertz CT molecular complexity index is 1010. The molecular formula is C23H26ClN5O3. The van der Waals surface area contributed by atoms with Crippen molar-refractivity contribution in [2.24, 2.45) is 5.92 Å². The van der Waals surface area contributed by atoms with Gasteiger partial charge in [-0.15, -0.1) is 0 Å². The number of nitrogens with one attached hydrogen (secondary N) is 2. The molecule has 0 saturated carbocycles. The smallest absolute Gasteiger partial charge is 0.323 e. The Morgan fingerprint density at radius 1 is 1.09 bits per heavy atom. The predicted molar refractivity (Wildman–Crippen MR) is 124 cm³/mol. The van der Waals surface area contributed by atoms with Gasteiger partial charge in [-0.3, -0.25) is 14.9 Å². The fraction of sp³-hybridized carbons (Fsp3) is 0.391. The van der Waals surface area contributed by atoms with Crippen LogP contribution in [0.5, 0.6) is 0 Å². The molecule has 4 amide bonds. The SMILES string of the molecule is CC1CC(C(=O)Nc2ccc(N3C(=O)CCC3C)cc2)N(C(=O)Nc2ccc(Cl)cn2)C1. The Labute approximate surface area is 191 Å². The van der Waals surface area contributed by atoms with Gasteiger partial charge in [-0.2, -0.15) is 0 Å². The van der Waals surface area contributed by atoms with Gasteiger partial charge in [-0.1, -0.05) is 18.5 Å². The van der Waals surface area contributed by atoms with E-state index in [9.17, 15) is 14.4 Å². The average molecular weight is 456 g/mol. The summed E-state index contributed by atoms with van der Waals surface area (Å²) in [5, 5.41) is 6.11. The van der Waals surface area contributed by atoms with Gasteiger partial charge >= 0.3 is 6.03 Å². The quantitative estimate of drug-likeness (QED) is 0.724. The zero-order valence-corrected chi connectivity index (χ0v) is 18.8. The summed E-state index contributed by atoms with van der Waals surface area (Å²) in [6, 6.07) is 9.71. The molecule has 2 aliphatic heterocycles. The molecule has 1 aromatic heterocycles. The van der Waals surface area contributed by atoms with Crippen LogP contribution in [0, 0.1) is 5.92 Å². The topological polar surface area (TPSA) is 94.6 Å². The van der Waals surface area contributed by atoms with Gasteiger partial charge in [0.25, 0.3) is 0 Å². The molecule has 168 valence electrons. The molecule has 3 unspecified atom stereocenters. The third-order valence-corrected chi connectivity index (χ3v) is 6.16. The number of nitrogens with zero attached hydrogens (tertiary/aromatic N) is 3. The van der Waals surface area contributed by atoms with Gasteiger partial charge in [-0.05, 0) is 62.1 Å². The molecule has 3 heterocycles. The number of hydrogen-bond donors (Lipinski definition) is 2. The molecule has 1 aromatic carbocycles. The maximum Gasteiger partial charge on any atom is 0.323 e. The van der Waals surface area contributed by atoms with E-state index in [1.54, 1.807) is 29.2 Å². The lowest BCUT2D eigenvalue weighted by Crippen LogP contribution is -2.45. The Morgan fingerprint density at radius 3 is 2.47 bits per heavy atom. The second-order valence-corrected chi connectivity index (χ2v) is 8.92. The van der Waals surface area contributed by atoms with Crippen molar-refractivity contribution in [3.8, 4) is 0 Å². The first-order valence-corrected chi connectivity index (χ1v) is 11.1. The van der Waals surface area contributed by atoms with Crippen LogP contribution in [0.25, 0.3) is 0 Å². The van der Waals surface area contributed by atoms with Gasteiger partial charge in [0.15, 0.2) is 0 Å². The monoisotopic (exact) mass is 455 g/mol. The minimum Gasteiger partial charge on any atom is -0.324 e. The summed E-state index contributed by atoms with van der Waals surface area (Å²) in [5.41, 5.74) is 1.45. The number of carbonyl (C=O) groups excluding carboxylic acids is 3. The van der Waals surface area contributed by atoms with Gasteiger partial charge in [0, 0.05) is 36.6 Å². The first-order valence-electron chi connectivity index (χ1n) is 10.7. The summed E-state index contributed by atoms with van der Waals surface area (Å²) < 4.78 is 0. The molecular weight excluding hydrogens is 430 g/mol. The van der Waals surface area contributed by atoms with E-state index in [1.807, 2.05) is 26.0 Å². The van der Waals surface area contributed by atoms with Crippen molar-refractivity contribution in [3.63, 3.8) is 0 Å². The molecule has 2 N–H and O–H groups in total. The van der Waals surface area contributed by atoms with Crippen LogP contribution in [0.1, 0.15) is 33.1 Å². The maximum absolute atomic E-state index is 13.0. The van der Waals surface area contributed by atoms with Crippen molar-refractivity contribution in [3.05, 3.63) is 47.6 Å². The molecule has 2 saturated heterocycles. The number of amides is 4. The molecule has 4 rings (SSSR count). The van der Waals surface area contributed by atoms with Crippen LogP contribution in [-0.4, -0.2) is 46.4 Å². The third-order valence-electron chi connectivity index (χ3n) is 5.93. The summed E-state index contributed by atoms with van der Waals surface area (Å²) in [7, 11) is 0. The second-order valence-electron chi connectivity index (χ2n) is 8.49. The first kappa shape index (κ1) is 22.1. The minimum atomic E-state index is -0.586. The van der Waals surface area contributed by atoms with E-state index >= 15 is 0 Å². The number of carbonyl (C=O) groups is 3. The van der Waals surface area contributed by atoms with Gasteiger partial charge in [0.2, 0.25) is 11.8 Å². The Balaban J connectivity index is 1.41. The van der Waals surface area contributed by atoms with E-state index in [-0.39, 0.29) is 29.8 Å². The van der Waals surface area contributed by atoms with Crippen LogP contribution in [0.15, 0.2) is 42.6 Å². The van der Waals surface area contributed by atoms with Gasteiger partial charge in [0.1, 0.15) is 11.9 Å². The first-order chi connectivity index (χ1) is 15.3. The van der Waals surface area contributed by atoms with Crippen molar-refractivity contribution in [2.75, 3.05) is 22.1 Å². The number of hydrogen-bond acceptors (Lipinski definition) is 4. The number of anilines is 3. The van der Waals surface area contributed by atoms with Crippen molar-refractivity contribution >= 4 is 46.6 Å². The van der Waals surface area contributed by atoms with E-state index in [4.69, 9.17) is 11.6 Å². The summed E-state index contributed by atoms with van der Waals surface area (Å²) in [6.45, 7) is 4.52. The number of benzene rings is 1. The van der Waals surface area contributed by atoms with E-state index in [0.717, 1.165) is 12.1 Å². The van der Waals surface area contributed by atoms with Gasteiger partial charge in [0.05, 0.1) is 5.02 Å². The molecule has 2 aliphatic rings. The van der Waals surface area contributed by atoms with Crippen molar-refractivity contribution in [1.29, 1.82) is 0 Å². The van der Waals surface area contributed by atoms with Crippen LogP contribution < -0.4 is 15.5 Å². The zero-order valence-electron chi connectivity index (χ0n) is 18.0. The molecule has 2 aromatic rings. The van der Waals surface area contributed by atoms with E-state index in [0.29, 0.717) is 35.9 Å². The molecule has 2 fully saturated rings. The van der Waals surface area contributed by atoms with Crippen LogP contribution in [0.3, 0.4) is 0 Å². The second kappa shape index (κ2) is 9.16. The number of halogens is 1. The number of rotatable bonds is 4. The molecule has 3 atom stereocenters. The molecule has 0 aliphatic carbocycles. The Kier molecular flexibility index (Phi) is 6.32. The summed E-state index contributed by atoms with van der Waals surface area (Å²) >= 11 is 5.84. The van der Waals surface area contributed by atoms with Crippen molar-refractivity contribution < 1.29 is 14.4 Å². The largest absolute Gasteiger partial charge is 0.324 e. The lowest BCUT2D eigenvalue weighted by Gasteiger charge is -2.24. The Hall–Kier alpha value is -3.13. The highest BCUT2D eigenvalue weighted by Gasteiger charge is 2.38. The van der Waals surface area contributed by atoms with Gasteiger partial charge < -0.3 is 15.1 Å². The number of pyridine rings is 1. The predicted octanol–water partition coefficient (Wildman–Crippen LogP) is 4.13. The highest BCUT2D eigenvalue weighted by atomic mass is 35.5. The summed E-state index contributed by atoms with van der Waals surface area (Å²) in [4.78, 5) is 45.3. The van der Waals surface area contributed by atoms with E-state index in [1.165, 1.54) is 11.1 Å².